The predicted molar refractivity (Wildman–Crippen MR) is 61.9 cm³/mol. The van der Waals surface area contributed by atoms with Crippen molar-refractivity contribution in [1.82, 2.24) is 15.6 Å². The molecule has 4 nitrogen and oxygen atoms in total. The van der Waals surface area contributed by atoms with Crippen molar-refractivity contribution in [2.75, 3.05) is 7.05 Å². The van der Waals surface area contributed by atoms with E-state index in [0.29, 0.717) is 6.54 Å². The van der Waals surface area contributed by atoms with E-state index in [1.54, 1.807) is 18.4 Å². The number of nitrogens with zero attached hydrogens (tertiary/aromatic N) is 1. The van der Waals surface area contributed by atoms with Gasteiger partial charge in [-0.25, -0.2) is 4.98 Å². The van der Waals surface area contributed by atoms with Crippen LogP contribution in [0, 0.1) is 0 Å². The van der Waals surface area contributed by atoms with Gasteiger partial charge in [-0.3, -0.25) is 4.79 Å². The van der Waals surface area contributed by atoms with Gasteiger partial charge in [0.15, 0.2) is 0 Å². The van der Waals surface area contributed by atoms with Gasteiger partial charge in [0.2, 0.25) is 5.91 Å². The lowest BCUT2D eigenvalue weighted by Gasteiger charge is -2.10. The van der Waals surface area contributed by atoms with E-state index in [0.717, 1.165) is 11.4 Å². The third-order valence-electron chi connectivity index (χ3n) is 2.13. The molecule has 84 valence electrons. The lowest BCUT2D eigenvalue weighted by atomic mass is 10.3. The van der Waals surface area contributed by atoms with Gasteiger partial charge in [0.1, 0.15) is 0 Å². The Balaban J connectivity index is 2.39. The van der Waals surface area contributed by atoms with Gasteiger partial charge in [0.05, 0.1) is 11.0 Å². The maximum absolute atomic E-state index is 11.2. The average Bonchev–Trinajstić information content (AvgIpc) is 2.72. The molecule has 5 heteroatoms. The highest BCUT2D eigenvalue weighted by atomic mass is 32.1. The van der Waals surface area contributed by atoms with Crippen LogP contribution in [0.5, 0.6) is 0 Å². The van der Waals surface area contributed by atoms with Crippen LogP contribution in [-0.4, -0.2) is 24.0 Å². The maximum atomic E-state index is 11.2. The van der Waals surface area contributed by atoms with Gasteiger partial charge in [0, 0.05) is 24.7 Å². The Labute approximate surface area is 94.1 Å². The molecule has 0 saturated heterocycles. The molecular formula is C10H17N3OS. The zero-order valence-corrected chi connectivity index (χ0v) is 10.1. The van der Waals surface area contributed by atoms with E-state index >= 15 is 0 Å². The van der Waals surface area contributed by atoms with Crippen LogP contribution in [0.3, 0.4) is 0 Å². The first-order chi connectivity index (χ1) is 7.17. The average molecular weight is 227 g/mol. The first kappa shape index (κ1) is 12.1. The standard InChI is InChI=1S/C10H17N3OS/c1-4-9-13-6-8(15-9)5-12-7(2)10(14)11-3/h6-7,12H,4-5H2,1-3H3,(H,11,14). The van der Waals surface area contributed by atoms with Crippen LogP contribution >= 0.6 is 11.3 Å². The molecule has 0 aromatic carbocycles. The molecule has 1 unspecified atom stereocenters. The van der Waals surface area contributed by atoms with Crippen LogP contribution in [0.4, 0.5) is 0 Å². The summed E-state index contributed by atoms with van der Waals surface area (Å²) in [6.07, 6.45) is 2.84. The summed E-state index contributed by atoms with van der Waals surface area (Å²) in [4.78, 5) is 16.6. The summed E-state index contributed by atoms with van der Waals surface area (Å²) in [5.41, 5.74) is 0. The molecule has 1 atom stereocenters. The summed E-state index contributed by atoms with van der Waals surface area (Å²) in [5.74, 6) is 0.00947. The monoisotopic (exact) mass is 227 g/mol. The first-order valence-electron chi connectivity index (χ1n) is 5.06. The van der Waals surface area contributed by atoms with Gasteiger partial charge in [-0.2, -0.15) is 0 Å². The maximum Gasteiger partial charge on any atom is 0.236 e. The summed E-state index contributed by atoms with van der Waals surface area (Å²) in [6, 6.07) is -0.165. The van der Waals surface area contributed by atoms with Gasteiger partial charge in [-0.15, -0.1) is 11.3 Å². The van der Waals surface area contributed by atoms with Crippen molar-refractivity contribution in [2.45, 2.75) is 32.9 Å². The summed E-state index contributed by atoms with van der Waals surface area (Å²) in [6.45, 7) is 4.63. The van der Waals surface area contributed by atoms with Crippen molar-refractivity contribution in [3.63, 3.8) is 0 Å². The zero-order chi connectivity index (χ0) is 11.3. The predicted octanol–water partition coefficient (Wildman–Crippen LogP) is 0.930. The minimum Gasteiger partial charge on any atom is -0.358 e. The van der Waals surface area contributed by atoms with Crippen LogP contribution < -0.4 is 10.6 Å². The molecule has 0 aliphatic rings. The summed E-state index contributed by atoms with van der Waals surface area (Å²) in [7, 11) is 1.64. The van der Waals surface area contributed by atoms with Gasteiger partial charge in [-0.1, -0.05) is 6.92 Å². The molecule has 1 aromatic rings. The molecule has 1 aromatic heterocycles. The van der Waals surface area contributed by atoms with E-state index in [1.807, 2.05) is 13.1 Å². The SMILES string of the molecule is CCc1ncc(CNC(C)C(=O)NC)s1. The molecule has 0 aliphatic carbocycles. The minimum absolute atomic E-state index is 0.00947. The molecule has 0 bridgehead atoms. The van der Waals surface area contributed by atoms with Crippen molar-refractivity contribution in [2.24, 2.45) is 0 Å². The molecular weight excluding hydrogens is 210 g/mol. The number of aromatic nitrogens is 1. The van der Waals surface area contributed by atoms with Crippen molar-refractivity contribution < 1.29 is 4.79 Å². The van der Waals surface area contributed by atoms with Crippen molar-refractivity contribution >= 4 is 17.2 Å². The fraction of sp³-hybridized carbons (Fsp3) is 0.600. The van der Waals surface area contributed by atoms with E-state index in [2.05, 4.69) is 22.5 Å². The molecule has 15 heavy (non-hydrogen) atoms. The summed E-state index contributed by atoms with van der Waals surface area (Å²) >= 11 is 1.69. The fourth-order valence-electron chi connectivity index (χ4n) is 1.16. The van der Waals surface area contributed by atoms with Crippen LogP contribution in [0.15, 0.2) is 6.20 Å². The number of amides is 1. The Hall–Kier alpha value is -0.940. The second-order valence-corrected chi connectivity index (χ2v) is 4.49. The third kappa shape index (κ3) is 3.60. The molecule has 1 rings (SSSR count). The van der Waals surface area contributed by atoms with Crippen LogP contribution in [0.25, 0.3) is 0 Å². The molecule has 1 amide bonds. The van der Waals surface area contributed by atoms with Crippen LogP contribution in [0.2, 0.25) is 0 Å². The molecule has 0 radical (unpaired) electrons. The van der Waals surface area contributed by atoms with Crippen LogP contribution in [-0.2, 0) is 17.8 Å². The number of nitrogens with one attached hydrogen (secondary N) is 2. The summed E-state index contributed by atoms with van der Waals surface area (Å²) < 4.78 is 0. The van der Waals surface area contributed by atoms with Gasteiger partial charge in [-0.05, 0) is 13.3 Å². The topological polar surface area (TPSA) is 54.0 Å². The van der Waals surface area contributed by atoms with Crippen molar-refractivity contribution in [3.05, 3.63) is 16.1 Å². The third-order valence-corrected chi connectivity index (χ3v) is 3.27. The highest BCUT2D eigenvalue weighted by molar-refractivity contribution is 7.11. The molecule has 0 saturated carbocycles. The number of likely N-dealkylation sites (N-methyl/N-ethyl adjacent to an activating group) is 1. The lowest BCUT2D eigenvalue weighted by molar-refractivity contribution is -0.122. The number of carbonyl (C=O) groups excluding carboxylic acids is 1. The van der Waals surface area contributed by atoms with E-state index in [1.165, 1.54) is 4.88 Å². The van der Waals surface area contributed by atoms with E-state index in [-0.39, 0.29) is 11.9 Å². The smallest absolute Gasteiger partial charge is 0.236 e. The minimum atomic E-state index is -0.165. The van der Waals surface area contributed by atoms with E-state index in [9.17, 15) is 4.79 Å². The Bertz CT molecular complexity index is 324. The van der Waals surface area contributed by atoms with Gasteiger partial charge >= 0.3 is 0 Å². The number of carbonyl (C=O) groups is 1. The Morgan fingerprint density at radius 1 is 1.67 bits per heavy atom. The zero-order valence-electron chi connectivity index (χ0n) is 9.33. The Morgan fingerprint density at radius 3 is 2.93 bits per heavy atom. The highest BCUT2D eigenvalue weighted by Crippen LogP contribution is 2.12. The Morgan fingerprint density at radius 2 is 2.40 bits per heavy atom. The largest absolute Gasteiger partial charge is 0.358 e. The molecule has 1 heterocycles. The van der Waals surface area contributed by atoms with Crippen molar-refractivity contribution in [1.29, 1.82) is 0 Å². The normalized spacial score (nSPS) is 12.5. The molecule has 0 aliphatic heterocycles. The number of aryl methyl sites for hydroxylation is 1. The molecule has 0 spiro atoms. The number of hydrogen-bond acceptors (Lipinski definition) is 4. The summed E-state index contributed by atoms with van der Waals surface area (Å²) in [5, 5.41) is 6.89. The van der Waals surface area contributed by atoms with Gasteiger partial charge < -0.3 is 10.6 Å². The first-order valence-corrected chi connectivity index (χ1v) is 5.87. The fourth-order valence-corrected chi connectivity index (χ4v) is 1.97. The van der Waals surface area contributed by atoms with E-state index in [4.69, 9.17) is 0 Å². The second kappa shape index (κ2) is 5.82. The lowest BCUT2D eigenvalue weighted by Crippen LogP contribution is -2.40. The van der Waals surface area contributed by atoms with Crippen molar-refractivity contribution in [3.8, 4) is 0 Å². The Kier molecular flexibility index (Phi) is 4.71. The van der Waals surface area contributed by atoms with E-state index < -0.39 is 0 Å². The molecule has 2 N–H and O–H groups in total. The number of hydrogen-bond donors (Lipinski definition) is 2. The highest BCUT2D eigenvalue weighted by Gasteiger charge is 2.10. The van der Waals surface area contributed by atoms with Crippen LogP contribution in [0.1, 0.15) is 23.7 Å². The van der Waals surface area contributed by atoms with Gasteiger partial charge in [0.25, 0.3) is 0 Å². The number of rotatable bonds is 5. The quantitative estimate of drug-likeness (QED) is 0.787. The second-order valence-electron chi connectivity index (χ2n) is 3.29. The number of thiazole rings is 1. The molecule has 0 fully saturated rings.